The maximum absolute atomic E-state index is 11.5. The fourth-order valence-electron chi connectivity index (χ4n) is 1.40. The van der Waals surface area contributed by atoms with Gasteiger partial charge >= 0.3 is 0 Å². The van der Waals surface area contributed by atoms with Crippen molar-refractivity contribution in [2.75, 3.05) is 0 Å². The fraction of sp³-hybridized carbons (Fsp3) is 0.600. The number of hydrogen-bond acceptors (Lipinski definition) is 3. The molecule has 72 valence electrons. The Morgan fingerprint density at radius 2 is 2.23 bits per heavy atom. The minimum absolute atomic E-state index is 0.136. The second-order valence-corrected chi connectivity index (χ2v) is 3.19. The second kappa shape index (κ2) is 4.21. The van der Waals surface area contributed by atoms with Gasteiger partial charge in [0.1, 0.15) is 0 Å². The Morgan fingerprint density at radius 3 is 2.77 bits per heavy atom. The van der Waals surface area contributed by atoms with Crippen LogP contribution in [0.15, 0.2) is 16.4 Å². The molecule has 0 aliphatic carbocycles. The second-order valence-electron chi connectivity index (χ2n) is 3.19. The van der Waals surface area contributed by atoms with E-state index in [0.29, 0.717) is 12.1 Å². The zero-order valence-corrected chi connectivity index (χ0v) is 8.08. The maximum Gasteiger partial charge on any atom is 0.207 e. The van der Waals surface area contributed by atoms with E-state index < -0.39 is 0 Å². The molecule has 0 amide bonds. The maximum atomic E-state index is 11.5. The first-order valence-electron chi connectivity index (χ1n) is 4.71. The molecule has 0 aromatic heterocycles. The minimum atomic E-state index is -0.208. The van der Waals surface area contributed by atoms with E-state index >= 15 is 0 Å². The number of hydrogen-bond donors (Lipinski definition) is 1. The van der Waals surface area contributed by atoms with Crippen molar-refractivity contribution in [3.05, 3.63) is 11.5 Å². The molecule has 1 atom stereocenters. The van der Waals surface area contributed by atoms with Crippen molar-refractivity contribution in [1.29, 1.82) is 0 Å². The SMILES string of the molecule is CCCC1C=NC(CC)=C(O)C1=O. The van der Waals surface area contributed by atoms with Crippen molar-refractivity contribution < 1.29 is 9.90 Å². The summed E-state index contributed by atoms with van der Waals surface area (Å²) < 4.78 is 0. The topological polar surface area (TPSA) is 49.7 Å². The van der Waals surface area contributed by atoms with Crippen LogP contribution in [0.1, 0.15) is 33.1 Å². The van der Waals surface area contributed by atoms with E-state index in [1.807, 2.05) is 13.8 Å². The van der Waals surface area contributed by atoms with Crippen LogP contribution in [0.3, 0.4) is 0 Å². The summed E-state index contributed by atoms with van der Waals surface area (Å²) in [7, 11) is 0. The molecule has 13 heavy (non-hydrogen) atoms. The highest BCUT2D eigenvalue weighted by Crippen LogP contribution is 2.20. The number of Topliss-reactive ketones (excluding diaryl/α,β-unsaturated/α-hetero) is 1. The van der Waals surface area contributed by atoms with Gasteiger partial charge in [0.2, 0.25) is 5.78 Å². The Balaban J connectivity index is 2.80. The smallest absolute Gasteiger partial charge is 0.207 e. The summed E-state index contributed by atoms with van der Waals surface area (Å²) in [6.07, 6.45) is 3.96. The van der Waals surface area contributed by atoms with Crippen molar-refractivity contribution in [3.8, 4) is 0 Å². The van der Waals surface area contributed by atoms with Gasteiger partial charge in [0, 0.05) is 6.21 Å². The standard InChI is InChI=1S/C10H15NO2/c1-3-5-7-6-11-8(4-2)10(13)9(7)12/h6-7,13H,3-5H2,1-2H3. The van der Waals surface area contributed by atoms with Crippen LogP contribution in [-0.4, -0.2) is 17.1 Å². The molecular weight excluding hydrogens is 166 g/mol. The van der Waals surface area contributed by atoms with E-state index in [2.05, 4.69) is 4.99 Å². The number of aliphatic imine (C=N–C) groups is 1. The van der Waals surface area contributed by atoms with Gasteiger partial charge in [-0.3, -0.25) is 9.79 Å². The van der Waals surface area contributed by atoms with Gasteiger partial charge in [-0.2, -0.15) is 0 Å². The number of carbonyl (C=O) groups is 1. The van der Waals surface area contributed by atoms with Crippen LogP contribution >= 0.6 is 0 Å². The van der Waals surface area contributed by atoms with Crippen molar-refractivity contribution in [2.45, 2.75) is 33.1 Å². The molecule has 0 aromatic rings. The zero-order chi connectivity index (χ0) is 9.84. The molecule has 1 aliphatic rings. The van der Waals surface area contributed by atoms with Gasteiger partial charge < -0.3 is 5.11 Å². The number of ketones is 1. The van der Waals surface area contributed by atoms with Crippen molar-refractivity contribution in [1.82, 2.24) is 0 Å². The van der Waals surface area contributed by atoms with Crippen molar-refractivity contribution in [3.63, 3.8) is 0 Å². The van der Waals surface area contributed by atoms with Gasteiger partial charge in [0.15, 0.2) is 5.76 Å². The van der Waals surface area contributed by atoms with E-state index in [9.17, 15) is 9.90 Å². The number of aliphatic hydroxyl groups is 1. The molecular formula is C10H15NO2. The average Bonchev–Trinajstić information content (AvgIpc) is 2.14. The van der Waals surface area contributed by atoms with Crippen molar-refractivity contribution in [2.24, 2.45) is 10.9 Å². The van der Waals surface area contributed by atoms with E-state index in [0.717, 1.165) is 12.8 Å². The first-order chi connectivity index (χ1) is 6.20. The van der Waals surface area contributed by atoms with Gasteiger partial charge in [-0.05, 0) is 12.8 Å². The average molecular weight is 181 g/mol. The lowest BCUT2D eigenvalue weighted by Gasteiger charge is -2.15. The third-order valence-electron chi connectivity index (χ3n) is 2.19. The van der Waals surface area contributed by atoms with E-state index in [-0.39, 0.29) is 17.5 Å². The normalized spacial score (nSPS) is 22.6. The molecule has 3 heteroatoms. The molecule has 0 radical (unpaired) electrons. The van der Waals surface area contributed by atoms with Crippen LogP contribution in [0, 0.1) is 5.92 Å². The summed E-state index contributed by atoms with van der Waals surface area (Å²) in [5, 5.41) is 9.45. The lowest BCUT2D eigenvalue weighted by Crippen LogP contribution is -2.22. The molecule has 0 fully saturated rings. The molecule has 0 bridgehead atoms. The van der Waals surface area contributed by atoms with Crippen LogP contribution in [0.25, 0.3) is 0 Å². The Labute approximate surface area is 78.2 Å². The molecule has 0 aromatic carbocycles. The van der Waals surface area contributed by atoms with Crippen LogP contribution in [0.5, 0.6) is 0 Å². The van der Waals surface area contributed by atoms with Gasteiger partial charge in [0.05, 0.1) is 11.6 Å². The quantitative estimate of drug-likeness (QED) is 0.725. The van der Waals surface area contributed by atoms with Gasteiger partial charge in [0.25, 0.3) is 0 Å². The Bertz CT molecular complexity index is 266. The molecule has 1 heterocycles. The lowest BCUT2D eigenvalue weighted by atomic mass is 9.95. The van der Waals surface area contributed by atoms with E-state index in [1.54, 1.807) is 6.21 Å². The lowest BCUT2D eigenvalue weighted by molar-refractivity contribution is -0.120. The van der Waals surface area contributed by atoms with Crippen LogP contribution in [-0.2, 0) is 4.79 Å². The number of aliphatic hydroxyl groups excluding tert-OH is 1. The number of carbonyl (C=O) groups excluding carboxylic acids is 1. The van der Waals surface area contributed by atoms with E-state index in [4.69, 9.17) is 0 Å². The summed E-state index contributed by atoms with van der Waals surface area (Å²) >= 11 is 0. The van der Waals surface area contributed by atoms with Gasteiger partial charge in [-0.15, -0.1) is 0 Å². The highest BCUT2D eigenvalue weighted by molar-refractivity contribution is 6.06. The van der Waals surface area contributed by atoms with E-state index in [1.165, 1.54) is 0 Å². The zero-order valence-electron chi connectivity index (χ0n) is 8.08. The summed E-state index contributed by atoms with van der Waals surface area (Å²) in [6.45, 7) is 3.88. The van der Waals surface area contributed by atoms with Crippen LogP contribution in [0.2, 0.25) is 0 Å². The predicted octanol–water partition coefficient (Wildman–Crippen LogP) is 2.24. The van der Waals surface area contributed by atoms with Gasteiger partial charge in [-0.1, -0.05) is 20.3 Å². The predicted molar refractivity (Wildman–Crippen MR) is 51.8 cm³/mol. The Morgan fingerprint density at radius 1 is 1.54 bits per heavy atom. The Kier molecular flexibility index (Phi) is 3.23. The third-order valence-corrected chi connectivity index (χ3v) is 2.19. The molecule has 0 spiro atoms. The monoisotopic (exact) mass is 181 g/mol. The first-order valence-corrected chi connectivity index (χ1v) is 4.71. The molecule has 3 nitrogen and oxygen atoms in total. The summed E-state index contributed by atoms with van der Waals surface area (Å²) in [4.78, 5) is 15.5. The van der Waals surface area contributed by atoms with Gasteiger partial charge in [-0.25, -0.2) is 0 Å². The third kappa shape index (κ3) is 1.97. The fourth-order valence-corrected chi connectivity index (χ4v) is 1.40. The molecule has 0 saturated heterocycles. The van der Waals surface area contributed by atoms with Crippen molar-refractivity contribution >= 4 is 12.0 Å². The number of allylic oxidation sites excluding steroid dienone is 2. The largest absolute Gasteiger partial charge is 0.503 e. The van der Waals surface area contributed by atoms with Crippen LogP contribution < -0.4 is 0 Å². The number of nitrogens with zero attached hydrogens (tertiary/aromatic N) is 1. The summed E-state index contributed by atoms with van der Waals surface area (Å²) in [5.41, 5.74) is 0.511. The number of rotatable bonds is 3. The Hall–Kier alpha value is -1.12. The minimum Gasteiger partial charge on any atom is -0.503 e. The highest BCUT2D eigenvalue weighted by atomic mass is 16.3. The molecule has 1 aliphatic heterocycles. The summed E-state index contributed by atoms with van der Waals surface area (Å²) in [5.74, 6) is -0.516. The molecule has 1 N–H and O–H groups in total. The molecule has 0 saturated carbocycles. The first kappa shape index (κ1) is 9.96. The van der Waals surface area contributed by atoms with Crippen LogP contribution in [0.4, 0.5) is 0 Å². The molecule has 1 rings (SSSR count). The molecule has 1 unspecified atom stereocenters. The summed E-state index contributed by atoms with van der Waals surface area (Å²) in [6, 6.07) is 0. The highest BCUT2D eigenvalue weighted by Gasteiger charge is 2.25.